The summed E-state index contributed by atoms with van der Waals surface area (Å²) >= 11 is 6.02. The van der Waals surface area contributed by atoms with Crippen LogP contribution in [-0.4, -0.2) is 53.8 Å². The lowest BCUT2D eigenvalue weighted by Gasteiger charge is -2.39. The third kappa shape index (κ3) is 4.46. The summed E-state index contributed by atoms with van der Waals surface area (Å²) in [4.78, 5) is 32.9. The number of carbonyl (C=O) groups excluding carboxylic acids is 2. The van der Waals surface area contributed by atoms with Gasteiger partial charge < -0.3 is 14.7 Å². The van der Waals surface area contributed by atoms with Crippen LogP contribution in [0, 0.1) is 0 Å². The van der Waals surface area contributed by atoms with Crippen LogP contribution in [0.4, 0.5) is 5.69 Å². The highest BCUT2D eigenvalue weighted by atomic mass is 35.5. The van der Waals surface area contributed by atoms with Crippen LogP contribution >= 0.6 is 11.6 Å². The Morgan fingerprint density at radius 1 is 0.848 bits per heavy atom. The van der Waals surface area contributed by atoms with E-state index in [0.29, 0.717) is 36.6 Å². The van der Waals surface area contributed by atoms with E-state index in [1.807, 2.05) is 83.8 Å². The summed E-state index contributed by atoms with van der Waals surface area (Å²) in [5.74, 6) is -0.0320. The van der Waals surface area contributed by atoms with E-state index in [9.17, 15) is 9.59 Å². The van der Waals surface area contributed by atoms with Crippen molar-refractivity contribution in [1.29, 1.82) is 0 Å². The highest BCUT2D eigenvalue weighted by molar-refractivity contribution is 6.30. The SMILES string of the molecule is O=C(C(Cc1ccccc1)N1Cc2ccccc2C1=O)N1CCN(c2ccc(Cl)cc2)CC1. The Morgan fingerprint density at radius 3 is 2.21 bits per heavy atom. The normalized spacial score (nSPS) is 16.6. The average molecular weight is 460 g/mol. The van der Waals surface area contributed by atoms with Crippen LogP contribution in [0.25, 0.3) is 0 Å². The van der Waals surface area contributed by atoms with Gasteiger partial charge in [-0.15, -0.1) is 0 Å². The maximum Gasteiger partial charge on any atom is 0.255 e. The van der Waals surface area contributed by atoms with E-state index in [0.717, 1.165) is 29.9 Å². The maximum absolute atomic E-state index is 13.8. The topological polar surface area (TPSA) is 43.9 Å². The second kappa shape index (κ2) is 9.28. The Balaban J connectivity index is 1.34. The number of piperazine rings is 1. The van der Waals surface area contributed by atoms with E-state index >= 15 is 0 Å². The molecule has 0 N–H and O–H groups in total. The Hall–Kier alpha value is -3.31. The number of halogens is 1. The molecule has 1 saturated heterocycles. The molecule has 5 nitrogen and oxygen atoms in total. The van der Waals surface area contributed by atoms with E-state index in [2.05, 4.69) is 4.90 Å². The molecule has 0 spiro atoms. The molecular formula is C27H26ClN3O2. The summed E-state index contributed by atoms with van der Waals surface area (Å²) in [7, 11) is 0. The van der Waals surface area contributed by atoms with E-state index < -0.39 is 6.04 Å². The van der Waals surface area contributed by atoms with Gasteiger partial charge in [0.05, 0.1) is 0 Å². The van der Waals surface area contributed by atoms with Crippen molar-refractivity contribution in [2.24, 2.45) is 0 Å². The lowest BCUT2D eigenvalue weighted by Crippen LogP contribution is -2.55. The Kier molecular flexibility index (Phi) is 6.05. The molecule has 3 aromatic rings. The van der Waals surface area contributed by atoms with Crippen molar-refractivity contribution in [3.63, 3.8) is 0 Å². The standard InChI is InChI=1S/C27H26ClN3O2/c28-22-10-12-23(13-11-22)29-14-16-30(17-15-29)27(33)25(18-20-6-2-1-3-7-20)31-19-21-8-4-5-9-24(21)26(31)32/h1-13,25H,14-19H2. The Morgan fingerprint density at radius 2 is 1.52 bits per heavy atom. The second-order valence-electron chi connectivity index (χ2n) is 8.58. The van der Waals surface area contributed by atoms with Crippen molar-refractivity contribution in [3.8, 4) is 0 Å². The number of amides is 2. The van der Waals surface area contributed by atoms with Crippen LogP contribution in [0.3, 0.4) is 0 Å². The number of benzene rings is 3. The molecule has 0 bridgehead atoms. The molecule has 2 aliphatic rings. The highest BCUT2D eigenvalue weighted by Gasteiger charge is 2.38. The van der Waals surface area contributed by atoms with Gasteiger partial charge in [0.2, 0.25) is 5.91 Å². The molecule has 2 amide bonds. The predicted molar refractivity (Wildman–Crippen MR) is 130 cm³/mol. The average Bonchev–Trinajstić information content (AvgIpc) is 3.20. The molecule has 0 aliphatic carbocycles. The second-order valence-corrected chi connectivity index (χ2v) is 9.02. The first-order chi connectivity index (χ1) is 16.1. The smallest absolute Gasteiger partial charge is 0.255 e. The first-order valence-electron chi connectivity index (χ1n) is 11.3. The number of rotatable bonds is 5. The number of hydrogen-bond donors (Lipinski definition) is 0. The molecule has 2 aliphatic heterocycles. The van der Waals surface area contributed by atoms with Gasteiger partial charge in [-0.2, -0.15) is 0 Å². The zero-order valence-corrected chi connectivity index (χ0v) is 19.1. The molecule has 5 rings (SSSR count). The van der Waals surface area contributed by atoms with Crippen molar-refractivity contribution in [2.75, 3.05) is 31.1 Å². The number of hydrogen-bond acceptors (Lipinski definition) is 3. The molecule has 0 saturated carbocycles. The predicted octanol–water partition coefficient (Wildman–Crippen LogP) is 4.26. The van der Waals surface area contributed by atoms with E-state index in [1.165, 1.54) is 0 Å². The van der Waals surface area contributed by atoms with Gasteiger partial charge in [0.15, 0.2) is 0 Å². The van der Waals surface area contributed by atoms with Crippen molar-refractivity contribution >= 4 is 29.1 Å². The summed E-state index contributed by atoms with van der Waals surface area (Å²) < 4.78 is 0. The molecular weight excluding hydrogens is 434 g/mol. The molecule has 1 atom stereocenters. The lowest BCUT2D eigenvalue weighted by atomic mass is 10.0. The number of fused-ring (bicyclic) bond motifs is 1. The molecule has 0 radical (unpaired) electrons. The molecule has 6 heteroatoms. The largest absolute Gasteiger partial charge is 0.368 e. The summed E-state index contributed by atoms with van der Waals surface area (Å²) in [6.45, 7) is 3.23. The first kappa shape index (κ1) is 21.5. The van der Waals surface area contributed by atoms with E-state index in [4.69, 9.17) is 11.6 Å². The minimum Gasteiger partial charge on any atom is -0.368 e. The van der Waals surface area contributed by atoms with Crippen LogP contribution in [0.2, 0.25) is 5.02 Å². The summed E-state index contributed by atoms with van der Waals surface area (Å²) in [5, 5.41) is 0.715. The third-order valence-electron chi connectivity index (χ3n) is 6.57. The molecule has 3 aromatic carbocycles. The minimum atomic E-state index is -0.519. The summed E-state index contributed by atoms with van der Waals surface area (Å²) in [6, 6.07) is 24.9. The summed E-state index contributed by atoms with van der Waals surface area (Å²) in [6.07, 6.45) is 0.511. The Bertz CT molecular complexity index is 1140. The van der Waals surface area contributed by atoms with Crippen molar-refractivity contribution in [1.82, 2.24) is 9.80 Å². The Labute approximate surface area is 199 Å². The van der Waals surface area contributed by atoms with Gasteiger partial charge in [0.25, 0.3) is 5.91 Å². The van der Waals surface area contributed by atoms with Crippen LogP contribution in [0.15, 0.2) is 78.9 Å². The number of nitrogens with zero attached hydrogens (tertiary/aromatic N) is 3. The van der Waals surface area contributed by atoms with Gasteiger partial charge in [-0.1, -0.05) is 60.1 Å². The molecule has 2 heterocycles. The van der Waals surface area contributed by atoms with Crippen LogP contribution in [0.1, 0.15) is 21.5 Å². The molecule has 1 unspecified atom stereocenters. The van der Waals surface area contributed by atoms with Gasteiger partial charge in [-0.25, -0.2) is 0 Å². The van der Waals surface area contributed by atoms with Crippen LogP contribution in [0.5, 0.6) is 0 Å². The lowest BCUT2D eigenvalue weighted by molar-refractivity contribution is -0.136. The fourth-order valence-corrected chi connectivity index (χ4v) is 4.87. The molecule has 33 heavy (non-hydrogen) atoms. The molecule has 1 fully saturated rings. The van der Waals surface area contributed by atoms with E-state index in [1.54, 1.807) is 4.90 Å². The fourth-order valence-electron chi connectivity index (χ4n) is 4.74. The van der Waals surface area contributed by atoms with Gasteiger partial charge in [0, 0.05) is 55.4 Å². The number of carbonyl (C=O) groups is 2. The van der Waals surface area contributed by atoms with Gasteiger partial charge in [-0.05, 0) is 41.5 Å². The van der Waals surface area contributed by atoms with Gasteiger partial charge >= 0.3 is 0 Å². The summed E-state index contributed by atoms with van der Waals surface area (Å²) in [5.41, 5.74) is 3.86. The van der Waals surface area contributed by atoms with Crippen LogP contribution < -0.4 is 4.90 Å². The highest BCUT2D eigenvalue weighted by Crippen LogP contribution is 2.27. The first-order valence-corrected chi connectivity index (χ1v) is 11.7. The fraction of sp³-hybridized carbons (Fsp3) is 0.259. The van der Waals surface area contributed by atoms with Gasteiger partial charge in [0.1, 0.15) is 6.04 Å². The van der Waals surface area contributed by atoms with Crippen LogP contribution in [-0.2, 0) is 17.8 Å². The zero-order valence-electron chi connectivity index (χ0n) is 18.4. The maximum atomic E-state index is 13.8. The van der Waals surface area contributed by atoms with Gasteiger partial charge in [-0.3, -0.25) is 9.59 Å². The van der Waals surface area contributed by atoms with E-state index in [-0.39, 0.29) is 11.8 Å². The minimum absolute atomic E-state index is 0.0239. The quantitative estimate of drug-likeness (QED) is 0.572. The monoisotopic (exact) mass is 459 g/mol. The zero-order chi connectivity index (χ0) is 22.8. The van der Waals surface area contributed by atoms with Crippen molar-refractivity contribution in [2.45, 2.75) is 19.0 Å². The number of anilines is 1. The van der Waals surface area contributed by atoms with Crippen molar-refractivity contribution < 1.29 is 9.59 Å². The third-order valence-corrected chi connectivity index (χ3v) is 6.82. The molecule has 0 aromatic heterocycles. The molecule has 168 valence electrons. The van der Waals surface area contributed by atoms with Crippen molar-refractivity contribution in [3.05, 3.63) is 101 Å².